The van der Waals surface area contributed by atoms with Crippen LogP contribution in [0.15, 0.2) is 53.4 Å². The Bertz CT molecular complexity index is 988. The van der Waals surface area contributed by atoms with E-state index in [4.69, 9.17) is 5.73 Å². The van der Waals surface area contributed by atoms with Gasteiger partial charge in [0.25, 0.3) is 15.9 Å². The van der Waals surface area contributed by atoms with Crippen LogP contribution in [0.25, 0.3) is 0 Å². The number of carbonyl (C=O) groups is 1. The number of carbonyl (C=O) groups excluding carboxylic acids is 1. The molecule has 1 fully saturated rings. The molecule has 2 aromatic carbocycles. The van der Waals surface area contributed by atoms with Crippen molar-refractivity contribution in [3.63, 3.8) is 0 Å². The number of aryl methyl sites for hydroxylation is 1. The van der Waals surface area contributed by atoms with Gasteiger partial charge in [0.15, 0.2) is 0 Å². The smallest absolute Gasteiger partial charge is 0.264 e. The molecule has 0 unspecified atom stereocenters. The second kappa shape index (κ2) is 8.73. The molecule has 0 radical (unpaired) electrons. The summed E-state index contributed by atoms with van der Waals surface area (Å²) in [5.41, 5.74) is 8.09. The molecule has 4 rings (SSSR count). The van der Waals surface area contributed by atoms with Gasteiger partial charge in [0.1, 0.15) is 0 Å². The number of likely N-dealkylation sites (tertiary alicyclic amines) is 1. The molecule has 0 atom stereocenters. The van der Waals surface area contributed by atoms with Crippen LogP contribution in [-0.4, -0.2) is 44.9 Å². The van der Waals surface area contributed by atoms with E-state index < -0.39 is 10.0 Å². The molecule has 0 aliphatic carbocycles. The SMILES string of the molecule is Cl.NC1CCN(C(=O)c2cccc(S(=O)(=O)N3CCCc4ccccc43)c2)CC1. The molecule has 2 aliphatic heterocycles. The Morgan fingerprint density at radius 3 is 2.48 bits per heavy atom. The van der Waals surface area contributed by atoms with Gasteiger partial charge in [0.2, 0.25) is 0 Å². The van der Waals surface area contributed by atoms with Crippen LogP contribution in [0.1, 0.15) is 35.2 Å². The van der Waals surface area contributed by atoms with Gasteiger partial charge in [-0.05, 0) is 55.5 Å². The molecule has 2 heterocycles. The van der Waals surface area contributed by atoms with Crippen molar-refractivity contribution in [1.82, 2.24) is 4.90 Å². The highest BCUT2D eigenvalue weighted by Gasteiger charge is 2.30. The average Bonchev–Trinajstić information content (AvgIpc) is 2.73. The standard InChI is InChI=1S/C21H25N3O3S.ClH/c22-18-10-13-23(14-11-18)21(25)17-6-3-8-19(15-17)28(26,27)24-12-4-7-16-5-1-2-9-20(16)24;/h1-3,5-6,8-9,15,18H,4,7,10-14,22H2;1H. The number of halogens is 1. The fraction of sp³-hybridized carbons (Fsp3) is 0.381. The lowest BCUT2D eigenvalue weighted by atomic mass is 10.0. The van der Waals surface area contributed by atoms with Gasteiger partial charge in [0, 0.05) is 31.2 Å². The van der Waals surface area contributed by atoms with E-state index in [1.54, 1.807) is 23.1 Å². The lowest BCUT2D eigenvalue weighted by Gasteiger charge is -2.31. The average molecular weight is 436 g/mol. The van der Waals surface area contributed by atoms with Gasteiger partial charge in [-0.25, -0.2) is 8.42 Å². The maximum absolute atomic E-state index is 13.3. The number of para-hydroxylation sites is 1. The summed E-state index contributed by atoms with van der Waals surface area (Å²) in [7, 11) is -3.73. The fourth-order valence-corrected chi connectivity index (χ4v) is 5.54. The fourth-order valence-electron chi connectivity index (χ4n) is 3.95. The molecule has 8 heteroatoms. The number of hydrogen-bond donors (Lipinski definition) is 1. The Hall–Kier alpha value is -2.09. The number of sulfonamides is 1. The van der Waals surface area contributed by atoms with E-state index >= 15 is 0 Å². The molecule has 156 valence electrons. The van der Waals surface area contributed by atoms with Crippen molar-refractivity contribution in [3.8, 4) is 0 Å². The van der Waals surface area contributed by atoms with Crippen LogP contribution in [0.4, 0.5) is 5.69 Å². The predicted molar refractivity (Wildman–Crippen MR) is 116 cm³/mol. The quantitative estimate of drug-likeness (QED) is 0.803. The van der Waals surface area contributed by atoms with Crippen molar-refractivity contribution in [3.05, 3.63) is 59.7 Å². The number of hydrogen-bond acceptors (Lipinski definition) is 4. The van der Waals surface area contributed by atoms with Crippen molar-refractivity contribution in [2.24, 2.45) is 5.73 Å². The largest absolute Gasteiger partial charge is 0.339 e. The van der Waals surface area contributed by atoms with Gasteiger partial charge in [-0.15, -0.1) is 12.4 Å². The Balaban J connectivity index is 0.00000240. The molecule has 29 heavy (non-hydrogen) atoms. The van der Waals surface area contributed by atoms with Gasteiger partial charge in [-0.2, -0.15) is 0 Å². The van der Waals surface area contributed by atoms with E-state index in [1.165, 1.54) is 10.4 Å². The summed E-state index contributed by atoms with van der Waals surface area (Å²) in [6.07, 6.45) is 3.20. The molecule has 2 aromatic rings. The number of benzene rings is 2. The van der Waals surface area contributed by atoms with Gasteiger partial charge in [-0.3, -0.25) is 9.10 Å². The zero-order chi connectivity index (χ0) is 19.7. The molecule has 0 saturated carbocycles. The second-order valence-electron chi connectivity index (χ2n) is 7.47. The third-order valence-corrected chi connectivity index (χ3v) is 7.37. The molecule has 1 saturated heterocycles. The van der Waals surface area contributed by atoms with Crippen molar-refractivity contribution in [2.45, 2.75) is 36.6 Å². The lowest BCUT2D eigenvalue weighted by molar-refractivity contribution is 0.0714. The van der Waals surface area contributed by atoms with Crippen LogP contribution < -0.4 is 10.0 Å². The van der Waals surface area contributed by atoms with Gasteiger partial charge < -0.3 is 10.6 Å². The predicted octanol–water partition coefficient (Wildman–Crippen LogP) is 2.81. The van der Waals surface area contributed by atoms with Crippen molar-refractivity contribution in [2.75, 3.05) is 23.9 Å². The van der Waals surface area contributed by atoms with Crippen LogP contribution in [0.3, 0.4) is 0 Å². The molecule has 1 amide bonds. The Morgan fingerprint density at radius 2 is 1.72 bits per heavy atom. The van der Waals surface area contributed by atoms with Crippen molar-refractivity contribution < 1.29 is 13.2 Å². The number of nitrogens with two attached hydrogens (primary N) is 1. The Kier molecular flexibility index (Phi) is 6.51. The molecule has 0 spiro atoms. The second-order valence-corrected chi connectivity index (χ2v) is 9.33. The van der Waals surface area contributed by atoms with E-state index in [9.17, 15) is 13.2 Å². The zero-order valence-electron chi connectivity index (χ0n) is 16.2. The zero-order valence-corrected chi connectivity index (χ0v) is 17.8. The van der Waals surface area contributed by atoms with Crippen LogP contribution >= 0.6 is 12.4 Å². The van der Waals surface area contributed by atoms with Crippen molar-refractivity contribution in [1.29, 1.82) is 0 Å². The third-order valence-electron chi connectivity index (χ3n) is 5.56. The summed E-state index contributed by atoms with van der Waals surface area (Å²) in [6.45, 7) is 1.66. The van der Waals surface area contributed by atoms with Gasteiger partial charge in [-0.1, -0.05) is 24.3 Å². The maximum atomic E-state index is 13.3. The van der Waals surface area contributed by atoms with E-state index in [2.05, 4.69) is 0 Å². The third kappa shape index (κ3) is 4.27. The minimum absolute atomic E-state index is 0. The minimum atomic E-state index is -3.73. The first kappa shape index (κ1) is 21.6. The summed E-state index contributed by atoms with van der Waals surface area (Å²) < 4.78 is 28.1. The van der Waals surface area contributed by atoms with E-state index in [1.807, 2.05) is 24.3 Å². The van der Waals surface area contributed by atoms with E-state index in [0.717, 1.165) is 36.9 Å². The number of anilines is 1. The first-order chi connectivity index (χ1) is 13.5. The molecule has 6 nitrogen and oxygen atoms in total. The molecule has 2 N–H and O–H groups in total. The van der Waals surface area contributed by atoms with Crippen LogP contribution in [0.5, 0.6) is 0 Å². The normalized spacial score (nSPS) is 17.4. The summed E-state index contributed by atoms with van der Waals surface area (Å²) in [5.74, 6) is -0.136. The van der Waals surface area contributed by atoms with Crippen LogP contribution in [-0.2, 0) is 16.4 Å². The highest BCUT2D eigenvalue weighted by atomic mass is 35.5. The first-order valence-electron chi connectivity index (χ1n) is 9.72. The number of fused-ring (bicyclic) bond motifs is 1. The first-order valence-corrected chi connectivity index (χ1v) is 11.2. The molecule has 0 aromatic heterocycles. The highest BCUT2D eigenvalue weighted by molar-refractivity contribution is 7.92. The van der Waals surface area contributed by atoms with E-state index in [0.29, 0.717) is 25.2 Å². The number of amides is 1. The van der Waals surface area contributed by atoms with Crippen LogP contribution in [0.2, 0.25) is 0 Å². The summed E-state index contributed by atoms with van der Waals surface area (Å²) >= 11 is 0. The van der Waals surface area contributed by atoms with Gasteiger partial charge >= 0.3 is 0 Å². The Morgan fingerprint density at radius 1 is 1.00 bits per heavy atom. The number of nitrogens with zero attached hydrogens (tertiary/aromatic N) is 2. The van der Waals surface area contributed by atoms with Gasteiger partial charge in [0.05, 0.1) is 10.6 Å². The highest BCUT2D eigenvalue weighted by Crippen LogP contribution is 2.32. The summed E-state index contributed by atoms with van der Waals surface area (Å²) in [5, 5.41) is 0. The maximum Gasteiger partial charge on any atom is 0.264 e. The van der Waals surface area contributed by atoms with Crippen molar-refractivity contribution >= 4 is 34.0 Å². The van der Waals surface area contributed by atoms with Crippen LogP contribution in [0, 0.1) is 0 Å². The summed E-state index contributed by atoms with van der Waals surface area (Å²) in [6, 6.07) is 14.1. The topological polar surface area (TPSA) is 83.7 Å². The molecule has 0 bridgehead atoms. The molecular formula is C21H26ClN3O3S. The lowest BCUT2D eigenvalue weighted by Crippen LogP contribution is -2.43. The Labute approximate surface area is 178 Å². The molecule has 2 aliphatic rings. The monoisotopic (exact) mass is 435 g/mol. The van der Waals surface area contributed by atoms with E-state index in [-0.39, 0.29) is 29.3 Å². The minimum Gasteiger partial charge on any atom is -0.339 e. The molecular weight excluding hydrogens is 410 g/mol. The summed E-state index contributed by atoms with van der Waals surface area (Å²) in [4.78, 5) is 14.7. The number of rotatable bonds is 3. The number of piperidine rings is 1.